The van der Waals surface area contributed by atoms with Crippen LogP contribution in [0.2, 0.25) is 0 Å². The van der Waals surface area contributed by atoms with Gasteiger partial charge in [-0.2, -0.15) is 0 Å². The van der Waals surface area contributed by atoms with Crippen molar-refractivity contribution in [2.45, 2.75) is 46.1 Å². The highest BCUT2D eigenvalue weighted by atomic mass is 15.2. The van der Waals surface area contributed by atoms with Crippen LogP contribution < -0.4 is 0 Å². The van der Waals surface area contributed by atoms with Crippen molar-refractivity contribution >= 4 is 0 Å². The van der Waals surface area contributed by atoms with Gasteiger partial charge in [-0.15, -0.1) is 0 Å². The van der Waals surface area contributed by atoms with Gasteiger partial charge in [0.2, 0.25) is 0 Å². The topological polar surface area (TPSA) is 3.24 Å². The fraction of sp³-hybridized carbons (Fsp3) is 0.800. The van der Waals surface area contributed by atoms with Crippen LogP contribution in [-0.4, -0.2) is 17.5 Å². The number of hydrogen-bond acceptors (Lipinski definition) is 1. The summed E-state index contributed by atoms with van der Waals surface area (Å²) in [5.41, 5.74) is 1.61. The summed E-state index contributed by atoms with van der Waals surface area (Å²) in [4.78, 5) is 2.47. The van der Waals surface area contributed by atoms with Crippen molar-refractivity contribution in [3.05, 3.63) is 11.8 Å². The van der Waals surface area contributed by atoms with Crippen molar-refractivity contribution in [2.75, 3.05) is 6.54 Å². The Hall–Kier alpha value is -0.460. The Balaban J connectivity index is 2.35. The lowest BCUT2D eigenvalue weighted by Gasteiger charge is -2.37. The van der Waals surface area contributed by atoms with Crippen molar-refractivity contribution < 1.29 is 0 Å². The van der Waals surface area contributed by atoms with E-state index in [1.54, 1.807) is 5.57 Å². The minimum absolute atomic E-state index is 0.797. The van der Waals surface area contributed by atoms with Gasteiger partial charge in [-0.3, -0.25) is 0 Å². The van der Waals surface area contributed by atoms with Crippen molar-refractivity contribution in [1.82, 2.24) is 4.90 Å². The molecule has 0 aromatic heterocycles. The summed E-state index contributed by atoms with van der Waals surface area (Å²) in [7, 11) is 0. The Morgan fingerprint density at radius 1 is 1.36 bits per heavy atom. The van der Waals surface area contributed by atoms with Gasteiger partial charge in [-0.05, 0) is 24.8 Å². The molecule has 1 aliphatic heterocycles. The summed E-state index contributed by atoms with van der Waals surface area (Å²) in [5.74, 6) is 0. The number of hydrogen-bond donors (Lipinski definition) is 0. The second-order valence-corrected chi connectivity index (χ2v) is 3.28. The third-order valence-corrected chi connectivity index (χ3v) is 2.60. The third-order valence-electron chi connectivity index (χ3n) is 2.60. The predicted molar refractivity (Wildman–Crippen MR) is 49.5 cm³/mol. The maximum absolute atomic E-state index is 2.47. The van der Waals surface area contributed by atoms with E-state index in [-0.39, 0.29) is 0 Å². The molecule has 0 fully saturated rings. The highest BCUT2D eigenvalue weighted by Crippen LogP contribution is 2.21. The highest BCUT2D eigenvalue weighted by Gasteiger charge is 2.19. The maximum Gasteiger partial charge on any atom is 0.0403 e. The van der Waals surface area contributed by atoms with Crippen molar-refractivity contribution in [2.24, 2.45) is 0 Å². The minimum Gasteiger partial charge on any atom is -0.370 e. The molecular formula is C10H19N. The van der Waals surface area contributed by atoms with E-state index in [0.717, 1.165) is 6.04 Å². The molecule has 1 heterocycles. The molecule has 0 spiro atoms. The van der Waals surface area contributed by atoms with Crippen LogP contribution in [0, 0.1) is 0 Å². The van der Waals surface area contributed by atoms with Crippen LogP contribution in [0.1, 0.15) is 40.0 Å². The SMILES string of the molecule is CCC1=CN(C(CC)CC)C1. The zero-order chi connectivity index (χ0) is 8.27. The molecule has 0 aromatic rings. The molecule has 0 aromatic carbocycles. The van der Waals surface area contributed by atoms with Crippen LogP contribution >= 0.6 is 0 Å². The molecule has 1 nitrogen and oxygen atoms in total. The first kappa shape index (κ1) is 8.63. The normalized spacial score (nSPS) is 16.7. The first-order valence-electron chi connectivity index (χ1n) is 4.77. The Morgan fingerprint density at radius 2 is 1.91 bits per heavy atom. The van der Waals surface area contributed by atoms with E-state index in [1.165, 1.54) is 25.8 Å². The lowest BCUT2D eigenvalue weighted by atomic mass is 10.0. The Bertz CT molecular complexity index is 145. The van der Waals surface area contributed by atoms with Crippen LogP contribution in [-0.2, 0) is 0 Å². The standard InChI is InChI=1S/C10H19N/c1-4-9-7-11(8-9)10(5-2)6-3/h7,10H,4-6,8H2,1-3H3. The molecule has 0 bridgehead atoms. The quantitative estimate of drug-likeness (QED) is 0.600. The molecule has 0 amide bonds. The summed E-state index contributed by atoms with van der Waals surface area (Å²) in [6, 6.07) is 0.797. The average Bonchev–Trinajstić information content (AvgIpc) is 1.95. The summed E-state index contributed by atoms with van der Waals surface area (Å²) < 4.78 is 0. The van der Waals surface area contributed by atoms with Crippen molar-refractivity contribution in [1.29, 1.82) is 0 Å². The largest absolute Gasteiger partial charge is 0.370 e. The average molecular weight is 153 g/mol. The lowest BCUT2D eigenvalue weighted by Crippen LogP contribution is -2.38. The molecule has 0 aliphatic carbocycles. The van der Waals surface area contributed by atoms with E-state index < -0.39 is 0 Å². The van der Waals surface area contributed by atoms with Gasteiger partial charge >= 0.3 is 0 Å². The fourth-order valence-electron chi connectivity index (χ4n) is 1.64. The van der Waals surface area contributed by atoms with Gasteiger partial charge in [-0.25, -0.2) is 0 Å². The summed E-state index contributed by atoms with van der Waals surface area (Å²) >= 11 is 0. The molecule has 11 heavy (non-hydrogen) atoms. The summed E-state index contributed by atoms with van der Waals surface area (Å²) in [5, 5.41) is 0. The van der Waals surface area contributed by atoms with E-state index in [2.05, 4.69) is 31.9 Å². The Labute approximate surface area is 70.1 Å². The molecule has 1 heteroatoms. The van der Waals surface area contributed by atoms with Gasteiger partial charge in [0.15, 0.2) is 0 Å². The third kappa shape index (κ3) is 1.76. The summed E-state index contributed by atoms with van der Waals surface area (Å²) in [6.07, 6.45) is 6.13. The number of nitrogens with zero attached hydrogens (tertiary/aromatic N) is 1. The van der Waals surface area contributed by atoms with E-state index in [1.807, 2.05) is 0 Å². The molecule has 0 saturated carbocycles. The van der Waals surface area contributed by atoms with E-state index in [9.17, 15) is 0 Å². The molecule has 0 atom stereocenters. The van der Waals surface area contributed by atoms with E-state index in [0.29, 0.717) is 0 Å². The second-order valence-electron chi connectivity index (χ2n) is 3.28. The van der Waals surface area contributed by atoms with Gasteiger partial charge in [0.25, 0.3) is 0 Å². The molecule has 64 valence electrons. The molecule has 0 saturated heterocycles. The lowest BCUT2D eigenvalue weighted by molar-refractivity contribution is 0.243. The van der Waals surface area contributed by atoms with E-state index >= 15 is 0 Å². The van der Waals surface area contributed by atoms with Crippen molar-refractivity contribution in [3.8, 4) is 0 Å². The Kier molecular flexibility index (Phi) is 2.98. The zero-order valence-corrected chi connectivity index (χ0v) is 7.93. The van der Waals surface area contributed by atoms with E-state index in [4.69, 9.17) is 0 Å². The molecule has 1 aliphatic rings. The predicted octanol–water partition coefficient (Wildman–Crippen LogP) is 2.78. The first-order chi connectivity index (χ1) is 5.31. The molecular weight excluding hydrogens is 134 g/mol. The van der Waals surface area contributed by atoms with Gasteiger partial charge < -0.3 is 4.90 Å². The van der Waals surface area contributed by atoms with Gasteiger partial charge in [0.1, 0.15) is 0 Å². The summed E-state index contributed by atoms with van der Waals surface area (Å²) in [6.45, 7) is 8.00. The second kappa shape index (κ2) is 3.80. The van der Waals surface area contributed by atoms with Crippen LogP contribution in [0.15, 0.2) is 11.8 Å². The molecule has 0 radical (unpaired) electrons. The van der Waals surface area contributed by atoms with Crippen LogP contribution in [0.3, 0.4) is 0 Å². The molecule has 0 N–H and O–H groups in total. The van der Waals surface area contributed by atoms with Gasteiger partial charge in [0.05, 0.1) is 0 Å². The van der Waals surface area contributed by atoms with Crippen LogP contribution in [0.5, 0.6) is 0 Å². The van der Waals surface area contributed by atoms with Gasteiger partial charge in [-0.1, -0.05) is 20.8 Å². The highest BCUT2D eigenvalue weighted by molar-refractivity contribution is 5.14. The van der Waals surface area contributed by atoms with Crippen LogP contribution in [0.25, 0.3) is 0 Å². The van der Waals surface area contributed by atoms with Gasteiger partial charge in [0, 0.05) is 18.8 Å². The van der Waals surface area contributed by atoms with Crippen molar-refractivity contribution in [3.63, 3.8) is 0 Å². The monoisotopic (exact) mass is 153 g/mol. The smallest absolute Gasteiger partial charge is 0.0403 e. The zero-order valence-electron chi connectivity index (χ0n) is 7.93. The molecule has 0 unspecified atom stereocenters. The van der Waals surface area contributed by atoms with Crippen LogP contribution in [0.4, 0.5) is 0 Å². The molecule has 1 rings (SSSR count). The maximum atomic E-state index is 2.47. The fourth-order valence-corrected chi connectivity index (χ4v) is 1.64. The Morgan fingerprint density at radius 3 is 2.27 bits per heavy atom. The first-order valence-corrected chi connectivity index (χ1v) is 4.77. The minimum atomic E-state index is 0.797. The number of rotatable bonds is 4.